The SMILES string of the molecule is CC(/C(=N/C=N)Nc1ccccn1)N(CC1CC1(F)F)C(=O)c1cc(C(F)(F)F)cc(C(F)(F)F)c1. The summed E-state index contributed by atoms with van der Waals surface area (Å²) in [5, 5.41) is 9.97. The smallest absolute Gasteiger partial charge is 0.328 e. The first-order valence-corrected chi connectivity index (χ1v) is 10.4. The third kappa shape index (κ3) is 6.34. The Hall–Kier alpha value is -3.58. The first-order valence-electron chi connectivity index (χ1n) is 10.4. The summed E-state index contributed by atoms with van der Waals surface area (Å²) in [6.07, 6.45) is -9.05. The molecule has 1 fully saturated rings. The molecule has 0 bridgehead atoms. The molecule has 2 unspecified atom stereocenters. The minimum atomic E-state index is -5.20. The molecule has 1 aliphatic rings. The number of hydrogen-bond acceptors (Lipinski definition) is 3. The fraction of sp³-hybridized carbons (Fsp3) is 0.364. The number of alkyl halides is 8. The number of rotatable bonds is 7. The normalized spacial score (nSPS) is 18.4. The number of benzene rings is 1. The first-order chi connectivity index (χ1) is 16.6. The summed E-state index contributed by atoms with van der Waals surface area (Å²) in [5.41, 5.74) is -4.42. The Morgan fingerprint density at radius 1 is 1.19 bits per heavy atom. The summed E-state index contributed by atoms with van der Waals surface area (Å²) >= 11 is 0. The number of anilines is 1. The zero-order chi connectivity index (χ0) is 26.9. The maximum Gasteiger partial charge on any atom is 0.416 e. The number of nitrogens with zero attached hydrogens (tertiary/aromatic N) is 3. The summed E-state index contributed by atoms with van der Waals surface area (Å²) in [6, 6.07) is 3.72. The number of halogens is 8. The number of carbonyl (C=O) groups excluding carboxylic acids is 1. The van der Waals surface area contributed by atoms with E-state index >= 15 is 0 Å². The Balaban J connectivity index is 2.05. The number of aromatic nitrogens is 1. The highest BCUT2D eigenvalue weighted by molar-refractivity contribution is 6.05. The molecule has 1 amide bonds. The molecule has 1 aromatic carbocycles. The summed E-state index contributed by atoms with van der Waals surface area (Å²) in [7, 11) is 0. The molecule has 2 N–H and O–H groups in total. The van der Waals surface area contributed by atoms with E-state index in [9.17, 15) is 39.9 Å². The van der Waals surface area contributed by atoms with Crippen LogP contribution in [0.5, 0.6) is 0 Å². The van der Waals surface area contributed by atoms with Crippen molar-refractivity contribution in [3.05, 3.63) is 59.3 Å². The van der Waals surface area contributed by atoms with Gasteiger partial charge in [-0.2, -0.15) is 26.3 Å². The lowest BCUT2D eigenvalue weighted by Crippen LogP contribution is -2.47. The summed E-state index contributed by atoms with van der Waals surface area (Å²) in [5.74, 6) is -5.82. The molecular weight excluding hydrogens is 502 g/mol. The average Bonchev–Trinajstić information content (AvgIpc) is 3.41. The van der Waals surface area contributed by atoms with Crippen molar-refractivity contribution in [1.29, 1.82) is 5.41 Å². The van der Waals surface area contributed by atoms with E-state index in [1.807, 2.05) is 0 Å². The third-order valence-electron chi connectivity index (χ3n) is 5.46. The highest BCUT2D eigenvalue weighted by Crippen LogP contribution is 2.49. The van der Waals surface area contributed by atoms with E-state index in [0.29, 0.717) is 11.2 Å². The van der Waals surface area contributed by atoms with Gasteiger partial charge in [-0.1, -0.05) is 6.07 Å². The van der Waals surface area contributed by atoms with E-state index in [2.05, 4.69) is 15.3 Å². The number of hydrogen-bond donors (Lipinski definition) is 2. The summed E-state index contributed by atoms with van der Waals surface area (Å²) in [6.45, 7) is 0.612. The van der Waals surface area contributed by atoms with Crippen molar-refractivity contribution in [2.75, 3.05) is 11.9 Å². The molecule has 2 atom stereocenters. The van der Waals surface area contributed by atoms with Gasteiger partial charge in [0.15, 0.2) is 0 Å². The second-order valence-electron chi connectivity index (χ2n) is 8.07. The van der Waals surface area contributed by atoms with Gasteiger partial charge in [-0.15, -0.1) is 0 Å². The molecular formula is C22H19F8N5O. The molecule has 6 nitrogen and oxygen atoms in total. The van der Waals surface area contributed by atoms with E-state index in [1.54, 1.807) is 12.1 Å². The lowest BCUT2D eigenvalue weighted by atomic mass is 10.0. The van der Waals surface area contributed by atoms with Gasteiger partial charge >= 0.3 is 12.4 Å². The number of nitrogens with one attached hydrogen (secondary N) is 2. The second kappa shape index (κ2) is 9.82. The molecule has 1 aliphatic carbocycles. The highest BCUT2D eigenvalue weighted by Gasteiger charge is 2.58. The second-order valence-corrected chi connectivity index (χ2v) is 8.07. The Labute approximate surface area is 199 Å². The molecule has 0 aliphatic heterocycles. The Bertz CT molecular complexity index is 1120. The molecule has 0 spiro atoms. The van der Waals surface area contributed by atoms with Gasteiger partial charge in [0, 0.05) is 30.6 Å². The number of amides is 1. The molecule has 2 aromatic rings. The Morgan fingerprint density at radius 2 is 1.78 bits per heavy atom. The van der Waals surface area contributed by atoms with E-state index < -0.39 is 65.8 Å². The van der Waals surface area contributed by atoms with Crippen LogP contribution < -0.4 is 5.32 Å². The van der Waals surface area contributed by atoms with Crippen LogP contribution in [0.2, 0.25) is 0 Å². The lowest BCUT2D eigenvalue weighted by molar-refractivity contribution is -0.143. The fourth-order valence-electron chi connectivity index (χ4n) is 3.40. The monoisotopic (exact) mass is 521 g/mol. The van der Waals surface area contributed by atoms with Crippen molar-refractivity contribution in [1.82, 2.24) is 9.88 Å². The molecule has 14 heteroatoms. The van der Waals surface area contributed by atoms with Gasteiger partial charge in [-0.3, -0.25) is 10.2 Å². The Morgan fingerprint density at radius 3 is 2.22 bits per heavy atom. The van der Waals surface area contributed by atoms with Crippen LogP contribution in [-0.4, -0.2) is 46.5 Å². The molecule has 0 saturated heterocycles. The standard InChI is InChI=1S/C22H19F8N5O/c1-12(18(33-11-31)34-17-4-2-3-5-32-17)35(10-16-9-20(16,23)24)19(36)13-6-14(21(25,26)27)8-15(7-13)22(28,29)30/h2-8,11-12,16H,9-10H2,1H3,(H2,31,32,33,34). The zero-order valence-corrected chi connectivity index (χ0v) is 18.5. The summed E-state index contributed by atoms with van der Waals surface area (Å²) in [4.78, 5) is 21.7. The molecule has 1 heterocycles. The van der Waals surface area contributed by atoms with Gasteiger partial charge in [0.05, 0.1) is 17.2 Å². The van der Waals surface area contributed by atoms with Crippen molar-refractivity contribution in [3.8, 4) is 0 Å². The van der Waals surface area contributed by atoms with Crippen LogP contribution in [0.15, 0.2) is 47.6 Å². The number of aliphatic imine (C=N–C) groups is 1. The number of carbonyl (C=O) groups is 1. The quantitative estimate of drug-likeness (QED) is 0.278. The average molecular weight is 521 g/mol. The predicted molar refractivity (Wildman–Crippen MR) is 114 cm³/mol. The minimum absolute atomic E-state index is 0.135. The van der Waals surface area contributed by atoms with E-state index in [1.165, 1.54) is 19.2 Å². The molecule has 194 valence electrons. The molecule has 36 heavy (non-hydrogen) atoms. The lowest BCUT2D eigenvalue weighted by Gasteiger charge is -2.31. The van der Waals surface area contributed by atoms with Crippen LogP contribution in [0.4, 0.5) is 40.9 Å². The summed E-state index contributed by atoms with van der Waals surface area (Å²) < 4.78 is 107. The predicted octanol–water partition coefficient (Wildman–Crippen LogP) is 5.72. The van der Waals surface area contributed by atoms with Crippen LogP contribution in [0, 0.1) is 11.3 Å². The van der Waals surface area contributed by atoms with E-state index in [-0.39, 0.29) is 29.9 Å². The minimum Gasteiger partial charge on any atom is -0.328 e. The molecule has 1 saturated carbocycles. The van der Waals surface area contributed by atoms with Crippen molar-refractivity contribution in [2.24, 2.45) is 10.9 Å². The van der Waals surface area contributed by atoms with Crippen LogP contribution >= 0.6 is 0 Å². The maximum atomic E-state index is 13.7. The van der Waals surface area contributed by atoms with E-state index in [0.717, 1.165) is 0 Å². The van der Waals surface area contributed by atoms with Crippen LogP contribution in [0.3, 0.4) is 0 Å². The van der Waals surface area contributed by atoms with Gasteiger partial charge in [0.25, 0.3) is 11.8 Å². The van der Waals surface area contributed by atoms with Crippen molar-refractivity contribution < 1.29 is 39.9 Å². The van der Waals surface area contributed by atoms with Gasteiger partial charge in [0.2, 0.25) is 0 Å². The van der Waals surface area contributed by atoms with Crippen LogP contribution in [-0.2, 0) is 12.4 Å². The van der Waals surface area contributed by atoms with E-state index in [4.69, 9.17) is 5.41 Å². The van der Waals surface area contributed by atoms with Gasteiger partial charge in [-0.05, 0) is 37.3 Å². The largest absolute Gasteiger partial charge is 0.416 e. The zero-order valence-electron chi connectivity index (χ0n) is 18.5. The molecule has 0 radical (unpaired) electrons. The van der Waals surface area contributed by atoms with Gasteiger partial charge in [0.1, 0.15) is 18.0 Å². The van der Waals surface area contributed by atoms with Crippen LogP contribution in [0.25, 0.3) is 0 Å². The van der Waals surface area contributed by atoms with Crippen LogP contribution in [0.1, 0.15) is 34.8 Å². The van der Waals surface area contributed by atoms with Crippen molar-refractivity contribution in [3.63, 3.8) is 0 Å². The fourth-order valence-corrected chi connectivity index (χ4v) is 3.40. The van der Waals surface area contributed by atoms with Gasteiger partial charge < -0.3 is 10.2 Å². The molecule has 1 aromatic heterocycles. The first kappa shape index (κ1) is 27.0. The van der Waals surface area contributed by atoms with Gasteiger partial charge in [-0.25, -0.2) is 18.8 Å². The number of pyridine rings is 1. The molecule has 3 rings (SSSR count). The third-order valence-corrected chi connectivity index (χ3v) is 5.46. The maximum absolute atomic E-state index is 13.7. The van der Waals surface area contributed by atoms with Crippen molar-refractivity contribution in [2.45, 2.75) is 37.7 Å². The number of amidine groups is 1. The topological polar surface area (TPSA) is 81.4 Å². The van der Waals surface area contributed by atoms with Crippen molar-refractivity contribution >= 4 is 23.9 Å². The Kier molecular flexibility index (Phi) is 7.37. The highest BCUT2D eigenvalue weighted by atomic mass is 19.4.